The monoisotopic (exact) mass is 284 g/mol. The number of hydrogen-bond acceptors (Lipinski definition) is 0. The molecule has 0 fully saturated rings. The van der Waals surface area contributed by atoms with Gasteiger partial charge in [0.15, 0.2) is 0 Å². The summed E-state index contributed by atoms with van der Waals surface area (Å²) in [5.74, 6) is 0. The van der Waals surface area contributed by atoms with Crippen LogP contribution in [0.4, 0.5) is 0 Å². The van der Waals surface area contributed by atoms with Gasteiger partial charge in [0, 0.05) is 82.2 Å². The van der Waals surface area contributed by atoms with E-state index in [2.05, 4.69) is 0 Å². The normalized spacial score (nSPS) is 0. The van der Waals surface area contributed by atoms with Gasteiger partial charge in [-0.05, 0) is 0 Å². The summed E-state index contributed by atoms with van der Waals surface area (Å²) in [6.45, 7) is 0. The third-order valence-corrected chi connectivity index (χ3v) is 0. The van der Waals surface area contributed by atoms with Crippen LogP contribution in [0.1, 0.15) is 0 Å². The van der Waals surface area contributed by atoms with E-state index in [1.165, 1.54) is 0 Å². The molecule has 0 heterocycles. The fourth-order valence-corrected chi connectivity index (χ4v) is 0. The van der Waals surface area contributed by atoms with E-state index in [0.29, 0.717) is 0 Å². The second-order valence-electron chi connectivity index (χ2n) is 0. The molecule has 4 heteroatoms. The molecule has 0 spiro atoms. The zero-order chi connectivity index (χ0) is 0. The van der Waals surface area contributed by atoms with Gasteiger partial charge in [-0.1, -0.05) is 0 Å². The number of rotatable bonds is 0. The second kappa shape index (κ2) is 18.1. The van der Waals surface area contributed by atoms with Crippen molar-refractivity contribution >= 4 is 8.41 Å². The first kappa shape index (κ1) is 32.2. The summed E-state index contributed by atoms with van der Waals surface area (Å²) in [5.41, 5.74) is 0. The SMILES string of the molecule is [B].[Co].[Fe].[Gd]. The van der Waals surface area contributed by atoms with Gasteiger partial charge in [-0.15, -0.1) is 0 Å². The maximum atomic E-state index is 0. The van der Waals surface area contributed by atoms with Crippen molar-refractivity contribution in [3.8, 4) is 0 Å². The predicted molar refractivity (Wildman–Crippen MR) is 5.75 cm³/mol. The van der Waals surface area contributed by atoms with Gasteiger partial charge in [0.05, 0.1) is 0 Å². The molecule has 0 aromatic carbocycles. The van der Waals surface area contributed by atoms with Crippen molar-refractivity contribution in [2.24, 2.45) is 0 Å². The molecular weight excluding hydrogens is 283 g/mol. The van der Waals surface area contributed by atoms with Crippen LogP contribution in [0, 0.1) is 39.9 Å². The van der Waals surface area contributed by atoms with Gasteiger partial charge in [-0.25, -0.2) is 0 Å². The minimum atomic E-state index is 0. The molecule has 0 rings (SSSR count). The average Bonchev–Trinajstić information content (AvgIpc) is 0. The van der Waals surface area contributed by atoms with E-state index in [1.807, 2.05) is 0 Å². The summed E-state index contributed by atoms with van der Waals surface area (Å²) in [4.78, 5) is 0. The van der Waals surface area contributed by atoms with E-state index >= 15 is 0 Å². The zero-order valence-corrected chi connectivity index (χ0v) is 6.03. The minimum absolute atomic E-state index is 0. The molecule has 4 heavy (non-hydrogen) atoms. The zero-order valence-electron chi connectivity index (χ0n) is 1.62. The summed E-state index contributed by atoms with van der Waals surface area (Å²) in [6, 6.07) is 0. The van der Waals surface area contributed by atoms with Crippen LogP contribution in [0.3, 0.4) is 0 Å². The van der Waals surface area contributed by atoms with Crippen molar-refractivity contribution < 1.29 is 73.8 Å². The van der Waals surface area contributed by atoms with Crippen LogP contribution < -0.4 is 0 Å². The van der Waals surface area contributed by atoms with Gasteiger partial charge in [-0.3, -0.25) is 0 Å². The fraction of sp³-hybridized carbons (Fsp3) is 0. The van der Waals surface area contributed by atoms with E-state index in [1.54, 1.807) is 0 Å². The first-order valence-corrected chi connectivity index (χ1v) is 0. The van der Waals surface area contributed by atoms with Crippen LogP contribution >= 0.6 is 0 Å². The van der Waals surface area contributed by atoms with Crippen molar-refractivity contribution in [3.05, 3.63) is 0 Å². The fourth-order valence-electron chi connectivity index (χ4n) is 0. The van der Waals surface area contributed by atoms with Crippen LogP contribution in [0.25, 0.3) is 0 Å². The molecule has 0 aliphatic heterocycles. The Bertz CT molecular complexity index is 8.00. The van der Waals surface area contributed by atoms with Crippen LogP contribution in [-0.2, 0) is 33.8 Å². The van der Waals surface area contributed by atoms with E-state index in [0.717, 1.165) is 0 Å². The molecule has 0 unspecified atom stereocenters. The Labute approximate surface area is 80.8 Å². The second-order valence-corrected chi connectivity index (χ2v) is 0. The molecule has 4 radical (unpaired) electrons. The molecule has 0 amide bonds. The van der Waals surface area contributed by atoms with E-state index < -0.39 is 0 Å². The Balaban J connectivity index is 0. The first-order valence-electron chi connectivity index (χ1n) is 0. The topological polar surface area (TPSA) is 0 Å². The van der Waals surface area contributed by atoms with E-state index in [-0.39, 0.29) is 82.2 Å². The van der Waals surface area contributed by atoms with Gasteiger partial charge < -0.3 is 0 Å². The van der Waals surface area contributed by atoms with Crippen molar-refractivity contribution in [2.45, 2.75) is 0 Å². The summed E-state index contributed by atoms with van der Waals surface area (Å²) in [6.07, 6.45) is 0. The third-order valence-electron chi connectivity index (χ3n) is 0. The number of hydrogen-bond donors (Lipinski definition) is 0. The van der Waals surface area contributed by atoms with Gasteiger partial charge in [0.2, 0.25) is 0 Å². The Morgan fingerprint density at radius 3 is 1.00 bits per heavy atom. The van der Waals surface area contributed by atoms with Gasteiger partial charge in [0.25, 0.3) is 0 Å². The van der Waals surface area contributed by atoms with Crippen LogP contribution in [0.15, 0.2) is 0 Å². The molecule has 28 valence electrons. The molecule has 0 N–H and O–H groups in total. The maximum absolute atomic E-state index is 0. The summed E-state index contributed by atoms with van der Waals surface area (Å²) in [5, 5.41) is 0. The van der Waals surface area contributed by atoms with Crippen LogP contribution in [-0.4, -0.2) is 8.41 Å². The Hall–Kier alpha value is 2.42. The van der Waals surface area contributed by atoms with Crippen LogP contribution in [0.2, 0.25) is 0 Å². The van der Waals surface area contributed by atoms with Crippen molar-refractivity contribution in [1.82, 2.24) is 0 Å². The van der Waals surface area contributed by atoms with Gasteiger partial charge in [0.1, 0.15) is 0 Å². The molecule has 0 atom stereocenters. The third kappa shape index (κ3) is 8.83. The standard InChI is InChI=1S/B.Co.Fe.Gd. The van der Waals surface area contributed by atoms with Crippen molar-refractivity contribution in [1.29, 1.82) is 0 Å². The molecule has 0 aliphatic rings. The summed E-state index contributed by atoms with van der Waals surface area (Å²) >= 11 is 0. The quantitative estimate of drug-likeness (QED) is 0.531. The molecular formula is BCoFeGd. The molecule has 0 nitrogen and oxygen atoms in total. The van der Waals surface area contributed by atoms with E-state index in [9.17, 15) is 0 Å². The molecule has 0 bridgehead atoms. The van der Waals surface area contributed by atoms with Crippen LogP contribution in [0.5, 0.6) is 0 Å². The predicted octanol–water partition coefficient (Wildman–Crippen LogP) is -0.386. The van der Waals surface area contributed by atoms with Gasteiger partial charge >= 0.3 is 0 Å². The van der Waals surface area contributed by atoms with E-state index in [4.69, 9.17) is 0 Å². The molecule has 0 aromatic rings. The molecule has 0 saturated heterocycles. The Morgan fingerprint density at radius 1 is 1.00 bits per heavy atom. The van der Waals surface area contributed by atoms with Crippen molar-refractivity contribution in [2.75, 3.05) is 0 Å². The average molecular weight is 283 g/mol. The summed E-state index contributed by atoms with van der Waals surface area (Å²) < 4.78 is 0. The first-order chi connectivity index (χ1) is 0. The summed E-state index contributed by atoms with van der Waals surface area (Å²) in [7, 11) is 0. The smallest absolute Gasteiger partial charge is 0 e. The molecule has 0 aromatic heterocycles. The molecule has 0 aliphatic carbocycles. The van der Waals surface area contributed by atoms with Gasteiger partial charge in [-0.2, -0.15) is 0 Å². The van der Waals surface area contributed by atoms with Crippen molar-refractivity contribution in [3.63, 3.8) is 0 Å². The largest absolute Gasteiger partial charge is 0 e. The Morgan fingerprint density at radius 2 is 1.00 bits per heavy atom. The Kier molecular flexibility index (Phi) is 146. The minimum Gasteiger partial charge on any atom is 0 e. The molecule has 0 saturated carbocycles. The maximum Gasteiger partial charge on any atom is 0 e.